The van der Waals surface area contributed by atoms with E-state index in [-0.39, 0.29) is 31.5 Å². The number of carbonyl (C=O) groups is 4. The van der Waals surface area contributed by atoms with Gasteiger partial charge >= 0.3 is 5.97 Å². The third kappa shape index (κ3) is 10.2. The van der Waals surface area contributed by atoms with Gasteiger partial charge in [-0.25, -0.2) is 14.8 Å². The molecule has 2 fully saturated rings. The molecule has 2 aromatic heterocycles. The maximum atomic E-state index is 14.0. The van der Waals surface area contributed by atoms with Crippen molar-refractivity contribution in [3.63, 3.8) is 0 Å². The number of thiazole rings is 1. The number of nitrogens with one attached hydrogen (secondary N) is 2. The molecule has 0 radical (unpaired) electrons. The van der Waals surface area contributed by atoms with E-state index >= 15 is 0 Å². The van der Waals surface area contributed by atoms with Crippen LogP contribution in [0.3, 0.4) is 0 Å². The van der Waals surface area contributed by atoms with Gasteiger partial charge in [-0.2, -0.15) is 0 Å². The van der Waals surface area contributed by atoms with Crippen molar-refractivity contribution in [3.05, 3.63) is 64.9 Å². The molecule has 4 atom stereocenters. The molecule has 3 amide bonds. The summed E-state index contributed by atoms with van der Waals surface area (Å²) >= 11 is 1.58. The van der Waals surface area contributed by atoms with Crippen LogP contribution in [0.4, 0.5) is 5.82 Å². The van der Waals surface area contributed by atoms with Crippen LogP contribution in [0.2, 0.25) is 0 Å². The molecule has 14 nitrogen and oxygen atoms in total. The first-order chi connectivity index (χ1) is 25.2. The first-order valence-corrected chi connectivity index (χ1v) is 18.8. The predicted molar refractivity (Wildman–Crippen MR) is 201 cm³/mol. The number of pyridine rings is 1. The summed E-state index contributed by atoms with van der Waals surface area (Å²) in [4.78, 5) is 67.9. The van der Waals surface area contributed by atoms with Crippen molar-refractivity contribution in [2.45, 2.75) is 65.3 Å². The van der Waals surface area contributed by atoms with Crippen molar-refractivity contribution >= 4 is 40.8 Å². The number of aliphatic hydroxyl groups excluding tert-OH is 1. The Hall–Kier alpha value is -4.44. The number of hydrogen-bond donors (Lipinski definition) is 3. The molecular formula is C38H51N7O7S. The highest BCUT2D eigenvalue weighted by molar-refractivity contribution is 7.13. The second kappa shape index (κ2) is 17.6. The van der Waals surface area contributed by atoms with Crippen molar-refractivity contribution in [2.24, 2.45) is 5.41 Å². The van der Waals surface area contributed by atoms with Crippen molar-refractivity contribution in [1.29, 1.82) is 0 Å². The average molecular weight is 750 g/mol. The van der Waals surface area contributed by atoms with E-state index in [0.717, 1.165) is 53.7 Å². The van der Waals surface area contributed by atoms with Crippen molar-refractivity contribution in [1.82, 2.24) is 30.4 Å². The van der Waals surface area contributed by atoms with Crippen LogP contribution >= 0.6 is 11.3 Å². The number of methoxy groups -OCH3 is 1. The third-order valence-electron chi connectivity index (χ3n) is 9.71. The number of anilines is 1. The summed E-state index contributed by atoms with van der Waals surface area (Å²) < 4.78 is 10.5. The first-order valence-electron chi connectivity index (χ1n) is 17.9. The standard InChI is InChI=1S/C38H51N7O7S/c1-24(26-7-9-27(10-8-26)33-25(2)40-23-53-33)41-35(48)30-19-29(46)21-45(30)36(49)34(38(3,4)5)42-32(47)22-52-18-17-43-13-15-44(16-14-43)31-12-11-28(20-39-31)37(50)51-6/h7-12,20,23-24,29-30,34,46H,13-19,21-22H2,1-6H3,(H,41,48)(H,42,47)/t24-,29+,30-,34?/m0/s1. The molecule has 15 heteroatoms. The quantitative estimate of drug-likeness (QED) is 0.174. The number of amides is 3. The Morgan fingerprint density at radius 1 is 1.02 bits per heavy atom. The average Bonchev–Trinajstić information content (AvgIpc) is 3.76. The lowest BCUT2D eigenvalue weighted by Gasteiger charge is -2.36. The highest BCUT2D eigenvalue weighted by atomic mass is 32.1. The van der Waals surface area contributed by atoms with Gasteiger partial charge in [0.1, 0.15) is 24.5 Å². The van der Waals surface area contributed by atoms with Gasteiger partial charge < -0.3 is 35.0 Å². The van der Waals surface area contributed by atoms with Crippen molar-refractivity contribution < 1.29 is 33.8 Å². The van der Waals surface area contributed by atoms with E-state index < -0.39 is 41.4 Å². The number of piperazine rings is 1. The number of aryl methyl sites for hydroxylation is 1. The fourth-order valence-electron chi connectivity index (χ4n) is 6.59. The lowest BCUT2D eigenvalue weighted by Crippen LogP contribution is -2.58. The number of β-amino-alcohol motifs (C(OH)–C–C–N with tert-alkyl or cyclic N) is 1. The van der Waals surface area contributed by atoms with Gasteiger partial charge in [-0.3, -0.25) is 19.3 Å². The SMILES string of the molecule is COC(=O)c1ccc(N2CCN(CCOCC(=O)NC(C(=O)N3C[C@H](O)C[C@H]3C(=O)N[C@@H](C)c3ccc(-c4scnc4C)cc3)C(C)(C)C)CC2)nc1. The minimum Gasteiger partial charge on any atom is -0.465 e. The van der Waals surface area contributed by atoms with E-state index in [1.165, 1.54) is 18.2 Å². The van der Waals surface area contributed by atoms with Crippen LogP contribution in [0.5, 0.6) is 0 Å². The summed E-state index contributed by atoms with van der Waals surface area (Å²) in [6, 6.07) is 9.30. The number of carbonyl (C=O) groups excluding carboxylic acids is 4. The van der Waals surface area contributed by atoms with Crippen LogP contribution in [0, 0.1) is 12.3 Å². The molecule has 4 heterocycles. The molecule has 3 N–H and O–H groups in total. The van der Waals surface area contributed by atoms with Gasteiger partial charge in [-0.15, -0.1) is 11.3 Å². The molecule has 3 aromatic rings. The van der Waals surface area contributed by atoms with Crippen LogP contribution in [0.1, 0.15) is 61.8 Å². The zero-order valence-electron chi connectivity index (χ0n) is 31.3. The van der Waals surface area contributed by atoms with Crippen LogP contribution in [0.25, 0.3) is 10.4 Å². The summed E-state index contributed by atoms with van der Waals surface area (Å²) in [7, 11) is 1.34. The first kappa shape index (κ1) is 39.8. The molecule has 0 bridgehead atoms. The Labute approximate surface area is 314 Å². The van der Waals surface area contributed by atoms with Crippen LogP contribution in [-0.4, -0.2) is 126 Å². The molecule has 5 rings (SSSR count). The Bertz CT molecular complexity index is 1720. The van der Waals surface area contributed by atoms with Crippen molar-refractivity contribution in [3.8, 4) is 10.4 Å². The fourth-order valence-corrected chi connectivity index (χ4v) is 7.40. The molecular weight excluding hydrogens is 699 g/mol. The van der Waals surface area contributed by atoms with E-state index in [1.54, 1.807) is 17.4 Å². The molecule has 0 aliphatic carbocycles. The van der Waals surface area contributed by atoms with E-state index in [9.17, 15) is 24.3 Å². The molecule has 286 valence electrons. The number of rotatable bonds is 13. The second-order valence-electron chi connectivity index (χ2n) is 14.7. The van der Waals surface area contributed by atoms with Gasteiger partial charge in [0.15, 0.2) is 0 Å². The lowest BCUT2D eigenvalue weighted by molar-refractivity contribution is -0.144. The smallest absolute Gasteiger partial charge is 0.339 e. The molecule has 0 saturated carbocycles. The van der Waals surface area contributed by atoms with E-state index in [2.05, 4.69) is 30.4 Å². The topological polar surface area (TPSA) is 167 Å². The van der Waals surface area contributed by atoms with Gasteiger partial charge in [0.05, 0.1) is 47.5 Å². The molecule has 1 aromatic carbocycles. The second-order valence-corrected chi connectivity index (χ2v) is 15.5. The summed E-state index contributed by atoms with van der Waals surface area (Å²) in [6.45, 7) is 13.2. The van der Waals surface area contributed by atoms with Crippen LogP contribution < -0.4 is 15.5 Å². The Morgan fingerprint density at radius 2 is 1.74 bits per heavy atom. The number of hydrogen-bond acceptors (Lipinski definition) is 12. The number of benzene rings is 1. The molecule has 53 heavy (non-hydrogen) atoms. The molecule has 1 unspecified atom stereocenters. The predicted octanol–water partition coefficient (Wildman–Crippen LogP) is 2.81. The monoisotopic (exact) mass is 749 g/mol. The number of aromatic nitrogens is 2. The number of likely N-dealkylation sites (tertiary alicyclic amines) is 1. The van der Waals surface area contributed by atoms with E-state index in [0.29, 0.717) is 18.7 Å². The fraction of sp³-hybridized carbons (Fsp3) is 0.526. The van der Waals surface area contributed by atoms with Crippen LogP contribution in [0.15, 0.2) is 48.1 Å². The highest BCUT2D eigenvalue weighted by Gasteiger charge is 2.44. The maximum Gasteiger partial charge on any atom is 0.339 e. The summed E-state index contributed by atoms with van der Waals surface area (Å²) in [5, 5.41) is 16.4. The van der Waals surface area contributed by atoms with E-state index in [1.807, 2.05) is 70.5 Å². The van der Waals surface area contributed by atoms with Gasteiger partial charge in [0.25, 0.3) is 0 Å². The highest BCUT2D eigenvalue weighted by Crippen LogP contribution is 2.29. The molecule has 2 aliphatic heterocycles. The van der Waals surface area contributed by atoms with Crippen molar-refractivity contribution in [2.75, 3.05) is 64.5 Å². The normalized spacial score (nSPS) is 19.1. The Balaban J connectivity index is 1.09. The largest absolute Gasteiger partial charge is 0.465 e. The van der Waals surface area contributed by atoms with Gasteiger partial charge in [-0.1, -0.05) is 45.0 Å². The third-order valence-corrected chi connectivity index (χ3v) is 10.7. The van der Waals surface area contributed by atoms with Gasteiger partial charge in [0.2, 0.25) is 17.7 Å². The Kier molecular flexibility index (Phi) is 13.2. The molecule has 2 saturated heterocycles. The summed E-state index contributed by atoms with van der Waals surface area (Å²) in [5.74, 6) is -0.847. The minimum atomic E-state index is -0.942. The lowest BCUT2D eigenvalue weighted by atomic mass is 9.85. The van der Waals surface area contributed by atoms with Crippen LogP contribution in [-0.2, 0) is 23.9 Å². The molecule has 0 spiro atoms. The zero-order chi connectivity index (χ0) is 38.3. The maximum absolute atomic E-state index is 14.0. The van der Waals surface area contributed by atoms with Gasteiger partial charge in [-0.05, 0) is 42.5 Å². The summed E-state index contributed by atoms with van der Waals surface area (Å²) in [5.41, 5.74) is 4.47. The number of ether oxygens (including phenoxy) is 2. The van der Waals surface area contributed by atoms with Gasteiger partial charge in [0, 0.05) is 51.9 Å². The minimum absolute atomic E-state index is 0.00469. The summed E-state index contributed by atoms with van der Waals surface area (Å²) in [6.07, 6.45) is 0.757. The zero-order valence-corrected chi connectivity index (χ0v) is 32.1. The number of nitrogens with zero attached hydrogens (tertiary/aromatic N) is 5. The molecule has 2 aliphatic rings. The van der Waals surface area contributed by atoms with E-state index in [4.69, 9.17) is 9.47 Å². The Morgan fingerprint density at radius 3 is 2.34 bits per heavy atom. The number of aliphatic hydroxyl groups is 1. The number of esters is 1.